The molecule has 2 aromatic rings. The number of ether oxygens (including phenoxy) is 1. The Morgan fingerprint density at radius 2 is 2.44 bits per heavy atom. The summed E-state index contributed by atoms with van der Waals surface area (Å²) in [4.78, 5) is 15.3. The van der Waals surface area contributed by atoms with E-state index in [-0.39, 0.29) is 18.5 Å². The summed E-state index contributed by atoms with van der Waals surface area (Å²) >= 11 is 0. The third-order valence-corrected chi connectivity index (χ3v) is 2.37. The molecule has 2 rings (SSSR count). The smallest absolute Gasteiger partial charge is 0.397 e. The normalized spacial score (nSPS) is 12.3. The van der Waals surface area contributed by atoms with Gasteiger partial charge in [-0.2, -0.15) is 10.1 Å². The van der Waals surface area contributed by atoms with Crippen molar-refractivity contribution in [3.63, 3.8) is 0 Å². The molecule has 7 heteroatoms. The predicted molar refractivity (Wildman–Crippen MR) is 60.9 cm³/mol. The summed E-state index contributed by atoms with van der Waals surface area (Å²) in [7, 11) is 0. The van der Waals surface area contributed by atoms with Crippen LogP contribution in [0.3, 0.4) is 0 Å². The van der Waals surface area contributed by atoms with Crippen LogP contribution in [-0.4, -0.2) is 32.5 Å². The highest BCUT2D eigenvalue weighted by Gasteiger charge is 2.17. The molecule has 0 saturated carbocycles. The molecule has 2 heterocycles. The van der Waals surface area contributed by atoms with E-state index < -0.39 is 5.97 Å². The van der Waals surface area contributed by atoms with Crippen molar-refractivity contribution in [3.05, 3.63) is 30.2 Å². The van der Waals surface area contributed by atoms with Gasteiger partial charge in [0, 0.05) is 18.8 Å². The number of rotatable bonds is 5. The van der Waals surface area contributed by atoms with E-state index >= 15 is 0 Å². The first kappa shape index (κ1) is 12.3. The van der Waals surface area contributed by atoms with Crippen LogP contribution in [0.25, 0.3) is 0 Å². The van der Waals surface area contributed by atoms with E-state index in [1.807, 2.05) is 19.2 Å². The molecule has 0 fully saturated rings. The molecule has 0 amide bonds. The topological polar surface area (TPSA) is 83.0 Å². The Morgan fingerprint density at radius 3 is 3.11 bits per heavy atom. The Kier molecular flexibility index (Phi) is 3.71. The second-order valence-corrected chi connectivity index (χ2v) is 3.78. The summed E-state index contributed by atoms with van der Waals surface area (Å²) in [6, 6.07) is 1.93. The molecule has 0 radical (unpaired) electrons. The summed E-state index contributed by atoms with van der Waals surface area (Å²) in [6.07, 6.45) is 4.10. The van der Waals surface area contributed by atoms with Gasteiger partial charge in [-0.05, 0) is 19.9 Å². The van der Waals surface area contributed by atoms with Gasteiger partial charge >= 0.3 is 11.9 Å². The highest BCUT2D eigenvalue weighted by molar-refractivity contribution is 5.83. The first-order valence-electron chi connectivity index (χ1n) is 5.69. The van der Waals surface area contributed by atoms with Crippen LogP contribution in [0.4, 0.5) is 0 Å². The molecule has 0 aromatic carbocycles. The Hall–Kier alpha value is -2.18. The number of hydrogen-bond acceptors (Lipinski definition) is 6. The van der Waals surface area contributed by atoms with Crippen LogP contribution in [-0.2, 0) is 11.2 Å². The van der Waals surface area contributed by atoms with E-state index in [4.69, 9.17) is 9.26 Å². The SMILES string of the molecule is CCOC(=O)c1nc(C[C@@H](C)n2cccn2)no1. The molecule has 96 valence electrons. The maximum absolute atomic E-state index is 11.3. The maximum Gasteiger partial charge on any atom is 0.397 e. The highest BCUT2D eigenvalue weighted by Crippen LogP contribution is 2.10. The molecule has 0 aliphatic rings. The standard InChI is InChI=1S/C11H14N4O3/c1-3-17-11(16)10-13-9(14-18-10)7-8(2)15-6-4-5-12-15/h4-6,8H,3,7H2,1-2H3/t8-/m1/s1. The van der Waals surface area contributed by atoms with Crippen molar-refractivity contribution in [2.75, 3.05) is 6.61 Å². The first-order chi connectivity index (χ1) is 8.70. The third kappa shape index (κ3) is 2.73. The minimum absolute atomic E-state index is 0.0904. The van der Waals surface area contributed by atoms with Crippen molar-refractivity contribution in [2.45, 2.75) is 26.3 Å². The monoisotopic (exact) mass is 250 g/mol. The van der Waals surface area contributed by atoms with Crippen LogP contribution in [0, 0.1) is 0 Å². The van der Waals surface area contributed by atoms with Crippen LogP contribution >= 0.6 is 0 Å². The molecule has 0 aliphatic heterocycles. The Balaban J connectivity index is 2.00. The zero-order chi connectivity index (χ0) is 13.0. The largest absolute Gasteiger partial charge is 0.459 e. The van der Waals surface area contributed by atoms with Crippen molar-refractivity contribution < 1.29 is 14.1 Å². The second-order valence-electron chi connectivity index (χ2n) is 3.78. The summed E-state index contributed by atoms with van der Waals surface area (Å²) in [5.74, 6) is -0.247. The Morgan fingerprint density at radius 1 is 1.61 bits per heavy atom. The number of carbonyl (C=O) groups excluding carboxylic acids is 1. The Labute approximate surface area is 104 Å². The lowest BCUT2D eigenvalue weighted by Gasteiger charge is -2.08. The molecule has 0 unspecified atom stereocenters. The van der Waals surface area contributed by atoms with Gasteiger partial charge in [0.15, 0.2) is 5.82 Å². The molecule has 0 aliphatic carbocycles. The number of esters is 1. The van der Waals surface area contributed by atoms with Gasteiger partial charge in [-0.1, -0.05) is 5.16 Å². The third-order valence-electron chi connectivity index (χ3n) is 2.37. The average molecular weight is 250 g/mol. The minimum Gasteiger partial charge on any atom is -0.459 e. The Bertz CT molecular complexity index is 506. The molecule has 0 spiro atoms. The highest BCUT2D eigenvalue weighted by atomic mass is 16.6. The van der Waals surface area contributed by atoms with E-state index in [0.717, 1.165) is 0 Å². The molecule has 0 saturated heterocycles. The van der Waals surface area contributed by atoms with Gasteiger partial charge in [0.1, 0.15) is 0 Å². The minimum atomic E-state index is -0.594. The van der Waals surface area contributed by atoms with E-state index in [9.17, 15) is 4.79 Å². The fourth-order valence-electron chi connectivity index (χ4n) is 1.51. The van der Waals surface area contributed by atoms with Crippen molar-refractivity contribution in [1.82, 2.24) is 19.9 Å². The van der Waals surface area contributed by atoms with Crippen LogP contribution < -0.4 is 0 Å². The molecular weight excluding hydrogens is 236 g/mol. The summed E-state index contributed by atoms with van der Waals surface area (Å²) in [6.45, 7) is 3.97. The van der Waals surface area contributed by atoms with Crippen LogP contribution in [0.1, 0.15) is 36.4 Å². The summed E-state index contributed by atoms with van der Waals surface area (Å²) < 4.78 is 11.4. The lowest BCUT2D eigenvalue weighted by molar-refractivity contribution is 0.0470. The fourth-order valence-corrected chi connectivity index (χ4v) is 1.51. The second kappa shape index (κ2) is 5.44. The van der Waals surface area contributed by atoms with Gasteiger partial charge in [0.2, 0.25) is 0 Å². The molecule has 2 aromatic heterocycles. The zero-order valence-electron chi connectivity index (χ0n) is 10.2. The first-order valence-corrected chi connectivity index (χ1v) is 5.69. The number of nitrogens with zero attached hydrogens (tertiary/aromatic N) is 4. The maximum atomic E-state index is 11.3. The molecular formula is C11H14N4O3. The van der Waals surface area contributed by atoms with Crippen molar-refractivity contribution in [1.29, 1.82) is 0 Å². The van der Waals surface area contributed by atoms with E-state index in [0.29, 0.717) is 12.2 Å². The molecule has 18 heavy (non-hydrogen) atoms. The van der Waals surface area contributed by atoms with E-state index in [1.165, 1.54) is 0 Å². The zero-order valence-corrected chi connectivity index (χ0v) is 10.2. The summed E-state index contributed by atoms with van der Waals surface area (Å²) in [5, 5.41) is 7.86. The van der Waals surface area contributed by atoms with E-state index in [1.54, 1.807) is 17.8 Å². The van der Waals surface area contributed by atoms with Crippen molar-refractivity contribution in [3.8, 4) is 0 Å². The average Bonchev–Trinajstić information content (AvgIpc) is 2.99. The lowest BCUT2D eigenvalue weighted by Crippen LogP contribution is -2.10. The molecule has 1 atom stereocenters. The van der Waals surface area contributed by atoms with Gasteiger partial charge in [0.05, 0.1) is 12.6 Å². The number of aromatic nitrogens is 4. The lowest BCUT2D eigenvalue weighted by atomic mass is 10.2. The fraction of sp³-hybridized carbons (Fsp3) is 0.455. The summed E-state index contributed by atoms with van der Waals surface area (Å²) in [5.41, 5.74) is 0. The van der Waals surface area contributed by atoms with E-state index in [2.05, 4.69) is 15.2 Å². The van der Waals surface area contributed by atoms with Crippen LogP contribution in [0.2, 0.25) is 0 Å². The molecule has 0 N–H and O–H groups in total. The molecule has 0 bridgehead atoms. The van der Waals surface area contributed by atoms with Gasteiger partial charge in [-0.25, -0.2) is 4.79 Å². The number of carbonyl (C=O) groups is 1. The quantitative estimate of drug-likeness (QED) is 0.742. The van der Waals surface area contributed by atoms with Gasteiger partial charge in [-0.3, -0.25) is 4.68 Å². The van der Waals surface area contributed by atoms with Gasteiger partial charge in [0.25, 0.3) is 0 Å². The molecule has 7 nitrogen and oxygen atoms in total. The predicted octanol–water partition coefficient (Wildman–Crippen LogP) is 1.25. The van der Waals surface area contributed by atoms with Crippen molar-refractivity contribution >= 4 is 5.97 Å². The number of hydrogen-bond donors (Lipinski definition) is 0. The van der Waals surface area contributed by atoms with Crippen molar-refractivity contribution in [2.24, 2.45) is 0 Å². The van der Waals surface area contributed by atoms with Gasteiger partial charge < -0.3 is 9.26 Å². The van der Waals surface area contributed by atoms with Crippen LogP contribution in [0.5, 0.6) is 0 Å². The van der Waals surface area contributed by atoms with Gasteiger partial charge in [-0.15, -0.1) is 0 Å². The van der Waals surface area contributed by atoms with Crippen LogP contribution in [0.15, 0.2) is 23.0 Å².